The van der Waals surface area contributed by atoms with Gasteiger partial charge in [0.2, 0.25) is 5.91 Å². The Labute approximate surface area is 169 Å². The maximum Gasteiger partial charge on any atom is 0.247 e. The number of carbonyl (C=O) groups excluding carboxylic acids is 1. The third-order valence-corrected chi connectivity index (χ3v) is 7.60. The van der Waals surface area contributed by atoms with Crippen molar-refractivity contribution in [2.75, 3.05) is 5.32 Å². The number of amides is 1. The molecule has 0 aliphatic carbocycles. The molecular weight excluding hydrogens is 425 g/mol. The summed E-state index contributed by atoms with van der Waals surface area (Å²) in [4.78, 5) is 16.8. The van der Waals surface area contributed by atoms with Crippen molar-refractivity contribution in [2.45, 2.75) is 23.5 Å². The Morgan fingerprint density at radius 1 is 1.00 bits per heavy atom. The van der Waals surface area contributed by atoms with Crippen LogP contribution < -0.4 is 5.32 Å². The Morgan fingerprint density at radius 2 is 1.59 bits per heavy atom. The van der Waals surface area contributed by atoms with E-state index < -0.39 is 37.9 Å². The van der Waals surface area contributed by atoms with Gasteiger partial charge in [-0.05, 0) is 55.8 Å². The highest BCUT2D eigenvalue weighted by Crippen LogP contribution is 2.32. The lowest BCUT2D eigenvalue weighted by molar-refractivity contribution is -0.117. The van der Waals surface area contributed by atoms with Crippen LogP contribution in [-0.2, 0) is 14.6 Å². The molecule has 0 saturated heterocycles. The van der Waals surface area contributed by atoms with Crippen LogP contribution >= 0.6 is 11.3 Å². The number of benzene rings is 2. The Kier molecular flexibility index (Phi) is 5.50. The van der Waals surface area contributed by atoms with Crippen molar-refractivity contribution < 1.29 is 26.4 Å². The van der Waals surface area contributed by atoms with Crippen LogP contribution in [0.3, 0.4) is 0 Å². The lowest BCUT2D eigenvalue weighted by atomic mass is 10.2. The second-order valence-corrected chi connectivity index (χ2v) is 10.1. The first-order chi connectivity index (χ1) is 13.5. The molecule has 5 nitrogen and oxygen atoms in total. The summed E-state index contributed by atoms with van der Waals surface area (Å²) in [6.45, 7) is 2.44. The van der Waals surface area contributed by atoms with Gasteiger partial charge in [-0.15, -0.1) is 0 Å². The molecule has 1 N–H and O–H groups in total. The number of nitrogens with one attached hydrogen (secondary N) is 1. The normalized spacial score (nSPS) is 12.0. The minimum Gasteiger partial charge on any atom is -0.301 e. The van der Waals surface area contributed by atoms with Crippen molar-refractivity contribution >= 4 is 32.2 Å². The van der Waals surface area contributed by atoms with E-state index in [1.54, 1.807) is 0 Å². The van der Waals surface area contributed by atoms with Crippen LogP contribution in [0.5, 0.6) is 0 Å². The molecule has 0 aliphatic rings. The summed E-state index contributed by atoms with van der Waals surface area (Å²) in [5.41, 5.74) is 0.235. The number of nitrogens with zero attached hydrogens (tertiary/aromatic N) is 1. The molecule has 0 bridgehead atoms. The van der Waals surface area contributed by atoms with Gasteiger partial charge in [0, 0.05) is 12.3 Å². The Hall–Kier alpha value is -2.72. The molecule has 0 saturated carbocycles. The van der Waals surface area contributed by atoms with Crippen molar-refractivity contribution in [1.82, 2.24) is 4.98 Å². The van der Waals surface area contributed by atoms with Crippen LogP contribution in [0.15, 0.2) is 53.6 Å². The zero-order valence-corrected chi connectivity index (χ0v) is 16.9. The van der Waals surface area contributed by atoms with E-state index in [0.29, 0.717) is 4.88 Å². The molecule has 1 aromatic heterocycles. The molecule has 10 heteroatoms. The average Bonchev–Trinajstić information content (AvgIpc) is 3.09. The lowest BCUT2D eigenvalue weighted by Gasteiger charge is -2.23. The molecule has 0 atom stereocenters. The third kappa shape index (κ3) is 4.18. The number of hydrogen-bond acceptors (Lipinski definition) is 5. The maximum absolute atomic E-state index is 13.4. The molecule has 3 rings (SSSR count). The molecule has 2 aromatic carbocycles. The van der Waals surface area contributed by atoms with Gasteiger partial charge in [0.15, 0.2) is 15.0 Å². The van der Waals surface area contributed by atoms with Gasteiger partial charge in [-0.3, -0.25) is 4.79 Å². The van der Waals surface area contributed by atoms with Gasteiger partial charge in [0.05, 0.1) is 9.77 Å². The molecule has 0 radical (unpaired) electrons. The van der Waals surface area contributed by atoms with Crippen LogP contribution in [0.25, 0.3) is 10.4 Å². The minimum absolute atomic E-state index is 0.0667. The largest absolute Gasteiger partial charge is 0.301 e. The van der Waals surface area contributed by atoms with E-state index in [0.717, 1.165) is 53.8 Å². The van der Waals surface area contributed by atoms with Crippen molar-refractivity contribution in [3.05, 3.63) is 66.1 Å². The van der Waals surface area contributed by atoms with E-state index >= 15 is 0 Å². The van der Waals surface area contributed by atoms with E-state index in [1.807, 2.05) is 0 Å². The summed E-state index contributed by atoms with van der Waals surface area (Å²) in [7, 11) is -4.13. The van der Waals surface area contributed by atoms with Crippen molar-refractivity contribution in [2.24, 2.45) is 0 Å². The predicted molar refractivity (Wildman–Crippen MR) is 104 cm³/mol. The van der Waals surface area contributed by atoms with Gasteiger partial charge in [0.25, 0.3) is 0 Å². The highest BCUT2D eigenvalue weighted by molar-refractivity contribution is 7.93. The number of sulfone groups is 1. The van der Waals surface area contributed by atoms with Crippen molar-refractivity contribution in [3.8, 4) is 10.4 Å². The Morgan fingerprint density at radius 3 is 2.17 bits per heavy atom. The summed E-state index contributed by atoms with van der Waals surface area (Å²) < 4.78 is 63.6. The van der Waals surface area contributed by atoms with Gasteiger partial charge in [-0.25, -0.2) is 26.6 Å². The number of carbonyl (C=O) groups is 1. The second-order valence-electron chi connectivity index (χ2n) is 6.61. The number of anilines is 1. The summed E-state index contributed by atoms with van der Waals surface area (Å²) in [6, 6.07) is 7.11. The number of rotatable bonds is 5. The van der Waals surface area contributed by atoms with Gasteiger partial charge in [-0.2, -0.15) is 0 Å². The zero-order valence-electron chi connectivity index (χ0n) is 15.2. The monoisotopic (exact) mass is 440 g/mol. The van der Waals surface area contributed by atoms with E-state index in [4.69, 9.17) is 0 Å². The number of halogens is 3. The lowest BCUT2D eigenvalue weighted by Crippen LogP contribution is -2.44. The fourth-order valence-corrected chi connectivity index (χ4v) is 4.62. The fourth-order valence-electron chi connectivity index (χ4n) is 2.44. The van der Waals surface area contributed by atoms with Crippen molar-refractivity contribution in [1.29, 1.82) is 0 Å². The van der Waals surface area contributed by atoms with Crippen LogP contribution in [0, 0.1) is 17.5 Å². The standard InChI is InChI=1S/C19H15F3N2O3S2/c1-19(2,29(26,27)15-5-3-12(20)4-6-15)17(25)24-18-23-10-16(28-18)11-7-13(21)9-14(22)8-11/h3-10H,1-2H3,(H,23,24,25). The highest BCUT2D eigenvalue weighted by Gasteiger charge is 2.43. The first kappa shape index (κ1) is 21.0. The molecule has 0 spiro atoms. The van der Waals surface area contributed by atoms with Crippen LogP contribution in [0.1, 0.15) is 13.8 Å². The summed E-state index contributed by atoms with van der Waals surface area (Å²) in [5.74, 6) is -2.97. The number of hydrogen-bond donors (Lipinski definition) is 1. The maximum atomic E-state index is 13.4. The molecular formula is C19H15F3N2O3S2. The molecule has 3 aromatic rings. The zero-order chi connectivity index (χ0) is 21.4. The molecule has 152 valence electrons. The summed E-state index contributed by atoms with van der Waals surface area (Å²) in [5, 5.41) is 2.48. The SMILES string of the molecule is CC(C)(C(=O)Nc1ncc(-c2cc(F)cc(F)c2)s1)S(=O)(=O)c1ccc(F)cc1. The average molecular weight is 440 g/mol. The third-order valence-electron chi connectivity index (χ3n) is 4.22. The van der Waals surface area contributed by atoms with E-state index in [-0.39, 0.29) is 15.6 Å². The molecule has 29 heavy (non-hydrogen) atoms. The quantitative estimate of drug-likeness (QED) is 0.596. The van der Waals surface area contributed by atoms with Gasteiger partial charge >= 0.3 is 0 Å². The molecule has 0 aliphatic heterocycles. The van der Waals surface area contributed by atoms with Gasteiger partial charge in [-0.1, -0.05) is 11.3 Å². The number of thiazole rings is 1. The van der Waals surface area contributed by atoms with Gasteiger partial charge < -0.3 is 5.32 Å². The topological polar surface area (TPSA) is 76.1 Å². The van der Waals surface area contributed by atoms with E-state index in [1.165, 1.54) is 20.0 Å². The summed E-state index contributed by atoms with van der Waals surface area (Å²) in [6.07, 6.45) is 1.32. The smallest absolute Gasteiger partial charge is 0.247 e. The molecule has 1 heterocycles. The predicted octanol–water partition coefficient (Wildman–Crippen LogP) is 4.42. The van der Waals surface area contributed by atoms with Crippen LogP contribution in [0.4, 0.5) is 18.3 Å². The van der Waals surface area contributed by atoms with E-state index in [2.05, 4.69) is 10.3 Å². The second kappa shape index (κ2) is 7.60. The van der Waals surface area contributed by atoms with E-state index in [9.17, 15) is 26.4 Å². The first-order valence-corrected chi connectivity index (χ1v) is 10.5. The first-order valence-electron chi connectivity index (χ1n) is 8.24. The van der Waals surface area contributed by atoms with Gasteiger partial charge in [0.1, 0.15) is 22.2 Å². The van der Waals surface area contributed by atoms with Crippen LogP contribution in [-0.4, -0.2) is 24.1 Å². The molecule has 1 amide bonds. The fraction of sp³-hybridized carbons (Fsp3) is 0.158. The van der Waals surface area contributed by atoms with Crippen LogP contribution in [0.2, 0.25) is 0 Å². The molecule has 0 fully saturated rings. The van der Waals surface area contributed by atoms with Crippen molar-refractivity contribution in [3.63, 3.8) is 0 Å². The molecule has 0 unspecified atom stereocenters. The number of aromatic nitrogens is 1. The Balaban J connectivity index is 1.84. The Bertz CT molecular complexity index is 1150. The minimum atomic E-state index is -4.13. The summed E-state index contributed by atoms with van der Waals surface area (Å²) >= 11 is 0.935. The highest BCUT2D eigenvalue weighted by atomic mass is 32.2.